The van der Waals surface area contributed by atoms with Crippen LogP contribution in [0.25, 0.3) is 0 Å². The molecule has 182 valence electrons. The van der Waals surface area contributed by atoms with Crippen molar-refractivity contribution < 1.29 is 14.2 Å². The van der Waals surface area contributed by atoms with Crippen LogP contribution in [0.15, 0.2) is 23.1 Å². The Kier molecular flexibility index (Phi) is 7.91. The second-order valence-corrected chi connectivity index (χ2v) is 12.1. The molecule has 4 nitrogen and oxygen atoms in total. The van der Waals surface area contributed by atoms with Crippen LogP contribution in [0.5, 0.6) is 0 Å². The topological polar surface area (TPSA) is 30.9 Å². The summed E-state index contributed by atoms with van der Waals surface area (Å²) in [7, 11) is 0. The maximum atomic E-state index is 6.39. The molecule has 1 saturated carbocycles. The van der Waals surface area contributed by atoms with Crippen LogP contribution in [0.1, 0.15) is 78.0 Å². The molecule has 0 radical (unpaired) electrons. The van der Waals surface area contributed by atoms with Crippen molar-refractivity contribution in [1.82, 2.24) is 0 Å². The molecule has 0 N–H and O–H groups in total. The molecule has 0 bridgehead atoms. The van der Waals surface area contributed by atoms with Gasteiger partial charge in [0.15, 0.2) is 5.79 Å². The maximum Gasteiger partial charge on any atom is 0.168 e. The fourth-order valence-electron chi connectivity index (χ4n) is 5.20. The van der Waals surface area contributed by atoms with Gasteiger partial charge in [0.25, 0.3) is 0 Å². The maximum absolute atomic E-state index is 6.39. The predicted molar refractivity (Wildman–Crippen MR) is 136 cm³/mol. The number of anilines is 1. The molecular weight excluding hydrogens is 430 g/mol. The summed E-state index contributed by atoms with van der Waals surface area (Å²) in [6.07, 6.45) is 8.76. The van der Waals surface area contributed by atoms with Crippen molar-refractivity contribution in [3.8, 4) is 11.8 Å². The summed E-state index contributed by atoms with van der Waals surface area (Å²) in [4.78, 5) is 3.59. The molecule has 1 saturated heterocycles. The van der Waals surface area contributed by atoms with Crippen molar-refractivity contribution in [2.24, 2.45) is 17.3 Å². The molecule has 0 aromatic carbocycles. The van der Waals surface area contributed by atoms with E-state index in [1.807, 2.05) is 0 Å². The molecule has 2 atom stereocenters. The number of ether oxygens (including phenoxy) is 3. The predicted octanol–water partition coefficient (Wildman–Crippen LogP) is 6.60. The summed E-state index contributed by atoms with van der Waals surface area (Å²) in [6.45, 7) is 14.0. The van der Waals surface area contributed by atoms with Gasteiger partial charge in [-0.2, -0.15) is 0 Å². The Morgan fingerprint density at radius 1 is 1.21 bits per heavy atom. The minimum absolute atomic E-state index is 0.00934. The van der Waals surface area contributed by atoms with Gasteiger partial charge >= 0.3 is 0 Å². The van der Waals surface area contributed by atoms with Gasteiger partial charge in [-0.25, -0.2) is 0 Å². The first-order valence-corrected chi connectivity index (χ1v) is 13.5. The monoisotopic (exact) mass is 471 g/mol. The van der Waals surface area contributed by atoms with Crippen molar-refractivity contribution in [2.45, 2.75) is 85.0 Å². The molecule has 2 unspecified atom stereocenters. The molecular formula is C28H41NO3S. The molecule has 2 heterocycles. The number of thiophene rings is 1. The van der Waals surface area contributed by atoms with E-state index in [1.54, 1.807) is 11.3 Å². The fourth-order valence-corrected chi connectivity index (χ4v) is 5.95. The van der Waals surface area contributed by atoms with Gasteiger partial charge < -0.3 is 19.1 Å². The molecule has 5 heteroatoms. The highest BCUT2D eigenvalue weighted by Crippen LogP contribution is 2.39. The quantitative estimate of drug-likeness (QED) is 0.266. The van der Waals surface area contributed by atoms with Gasteiger partial charge in [-0.3, -0.25) is 0 Å². The standard InChI is InChI=1S/C28H41NO3S/c1-21-6-7-23(22(2)16-21)18-30-20-29(24-8-12-28(13-9-24)31-14-15-32-28)25-17-26(33-19-25)10-11-27(3,4)5/h6,17,19,22-24H,7-9,12-16,18,20H2,1-5H3. The van der Waals surface area contributed by atoms with Crippen molar-refractivity contribution in [1.29, 1.82) is 0 Å². The van der Waals surface area contributed by atoms with E-state index in [-0.39, 0.29) is 11.2 Å². The Morgan fingerprint density at radius 2 is 1.94 bits per heavy atom. The second-order valence-electron chi connectivity index (χ2n) is 11.2. The first-order chi connectivity index (χ1) is 15.7. The van der Waals surface area contributed by atoms with Crippen LogP contribution in [0.2, 0.25) is 0 Å². The summed E-state index contributed by atoms with van der Waals surface area (Å²) in [5.74, 6) is 7.72. The highest BCUT2D eigenvalue weighted by molar-refractivity contribution is 7.11. The molecule has 33 heavy (non-hydrogen) atoms. The molecule has 0 amide bonds. The summed E-state index contributed by atoms with van der Waals surface area (Å²) < 4.78 is 18.3. The summed E-state index contributed by atoms with van der Waals surface area (Å²) in [5.41, 5.74) is 2.77. The summed E-state index contributed by atoms with van der Waals surface area (Å²) >= 11 is 1.74. The van der Waals surface area contributed by atoms with E-state index in [4.69, 9.17) is 14.2 Å². The highest BCUT2D eigenvalue weighted by Gasteiger charge is 2.41. The van der Waals surface area contributed by atoms with Gasteiger partial charge in [0, 0.05) is 29.7 Å². The Bertz CT molecular complexity index is 871. The highest BCUT2D eigenvalue weighted by atomic mass is 32.1. The van der Waals surface area contributed by atoms with E-state index >= 15 is 0 Å². The third-order valence-electron chi connectivity index (χ3n) is 7.23. The molecule has 4 rings (SSSR count). The van der Waals surface area contributed by atoms with Crippen LogP contribution in [-0.2, 0) is 14.2 Å². The van der Waals surface area contributed by atoms with Crippen LogP contribution in [0.4, 0.5) is 5.69 Å². The molecule has 3 aliphatic rings. The lowest BCUT2D eigenvalue weighted by Crippen LogP contribution is -2.45. The lowest BCUT2D eigenvalue weighted by Gasteiger charge is -2.41. The lowest BCUT2D eigenvalue weighted by molar-refractivity contribution is -0.178. The molecule has 2 fully saturated rings. The Hall–Kier alpha value is -1.32. The number of hydrogen-bond donors (Lipinski definition) is 0. The minimum Gasteiger partial charge on any atom is -0.361 e. The first kappa shape index (κ1) is 24.8. The molecule has 2 aliphatic carbocycles. The average molecular weight is 472 g/mol. The molecule has 1 aromatic rings. The van der Waals surface area contributed by atoms with Crippen LogP contribution in [0.3, 0.4) is 0 Å². The van der Waals surface area contributed by atoms with Gasteiger partial charge in [-0.15, -0.1) is 11.3 Å². The number of nitrogens with zero attached hydrogens (tertiary/aromatic N) is 1. The van der Waals surface area contributed by atoms with Crippen molar-refractivity contribution in [3.63, 3.8) is 0 Å². The summed E-state index contributed by atoms with van der Waals surface area (Å²) in [5, 5.41) is 2.25. The summed E-state index contributed by atoms with van der Waals surface area (Å²) in [6, 6.07) is 2.68. The van der Waals surface area contributed by atoms with Crippen molar-refractivity contribution >= 4 is 17.0 Å². The van der Waals surface area contributed by atoms with E-state index in [0.717, 1.165) is 56.8 Å². The third-order valence-corrected chi connectivity index (χ3v) is 8.06. The van der Waals surface area contributed by atoms with E-state index in [1.165, 1.54) is 17.7 Å². The Labute approximate surface area is 204 Å². The van der Waals surface area contributed by atoms with E-state index < -0.39 is 0 Å². The largest absolute Gasteiger partial charge is 0.361 e. The second kappa shape index (κ2) is 10.5. The first-order valence-electron chi connectivity index (χ1n) is 12.6. The smallest absolute Gasteiger partial charge is 0.168 e. The van der Waals surface area contributed by atoms with E-state index in [9.17, 15) is 0 Å². The van der Waals surface area contributed by atoms with Gasteiger partial charge in [0.1, 0.15) is 6.73 Å². The molecule has 1 aliphatic heterocycles. The number of allylic oxidation sites excluding steroid dienone is 2. The number of hydrogen-bond acceptors (Lipinski definition) is 5. The zero-order valence-electron chi connectivity index (χ0n) is 21.1. The number of rotatable bonds is 6. The fraction of sp³-hybridized carbons (Fsp3) is 0.714. The van der Waals surface area contributed by atoms with Gasteiger partial charge in [-0.05, 0) is 71.3 Å². The minimum atomic E-state index is -0.331. The third kappa shape index (κ3) is 6.63. The zero-order valence-corrected chi connectivity index (χ0v) is 21.9. The Balaban J connectivity index is 1.43. The van der Waals surface area contributed by atoms with Crippen LogP contribution < -0.4 is 4.90 Å². The van der Waals surface area contributed by atoms with E-state index in [0.29, 0.717) is 24.6 Å². The van der Waals surface area contributed by atoms with Crippen LogP contribution in [0, 0.1) is 29.1 Å². The molecule has 1 aromatic heterocycles. The van der Waals surface area contributed by atoms with Crippen LogP contribution >= 0.6 is 11.3 Å². The van der Waals surface area contributed by atoms with E-state index in [2.05, 4.69) is 68.9 Å². The van der Waals surface area contributed by atoms with Crippen molar-refractivity contribution in [3.05, 3.63) is 28.0 Å². The zero-order chi connectivity index (χ0) is 23.5. The SMILES string of the molecule is CC1=CCC(COCN(c2csc(C#CC(C)(C)C)c2)C2CCC3(CC2)OCCO3)C(C)C1. The Morgan fingerprint density at radius 3 is 2.61 bits per heavy atom. The van der Waals surface area contributed by atoms with Gasteiger partial charge in [-0.1, -0.05) is 30.4 Å². The van der Waals surface area contributed by atoms with Gasteiger partial charge in [0.2, 0.25) is 0 Å². The average Bonchev–Trinajstić information content (AvgIpc) is 3.42. The lowest BCUT2D eigenvalue weighted by atomic mass is 9.82. The molecule has 1 spiro atoms. The normalized spacial score (nSPS) is 25.5. The van der Waals surface area contributed by atoms with Crippen molar-refractivity contribution in [2.75, 3.05) is 31.5 Å². The van der Waals surface area contributed by atoms with Crippen LogP contribution in [-0.4, -0.2) is 38.4 Å². The van der Waals surface area contributed by atoms with Gasteiger partial charge in [0.05, 0.1) is 30.4 Å².